The monoisotopic (exact) mass is 365 g/mol. The Kier molecular flexibility index (Phi) is 8.92. The fourth-order valence-corrected chi connectivity index (χ4v) is 2.93. The summed E-state index contributed by atoms with van der Waals surface area (Å²) in [5, 5.41) is 17.4. The molecule has 0 spiro atoms. The Morgan fingerprint density at radius 3 is 1.89 bits per heavy atom. The molecule has 0 saturated carbocycles. The number of nitrogens with zero attached hydrogens (tertiary/aromatic N) is 1. The number of hydrogen-bond donors (Lipinski definition) is 1. The van der Waals surface area contributed by atoms with Crippen molar-refractivity contribution in [2.45, 2.75) is 51.4 Å². The van der Waals surface area contributed by atoms with Gasteiger partial charge in [-0.1, -0.05) is 56.4 Å². The molecule has 2 aromatic rings. The van der Waals surface area contributed by atoms with Crippen LogP contribution in [0.1, 0.15) is 56.9 Å². The van der Waals surface area contributed by atoms with Gasteiger partial charge in [-0.15, -0.1) is 0 Å². The van der Waals surface area contributed by atoms with Crippen molar-refractivity contribution in [1.82, 2.24) is 0 Å². The molecule has 2 rings (SSSR count). The van der Waals surface area contributed by atoms with Crippen LogP contribution in [-0.2, 0) is 4.79 Å². The van der Waals surface area contributed by atoms with E-state index in [0.717, 1.165) is 55.6 Å². The molecular weight excluding hydrogens is 338 g/mol. The molecule has 0 radical (unpaired) electrons. The van der Waals surface area contributed by atoms with Gasteiger partial charge in [-0.05, 0) is 48.2 Å². The number of aliphatic carboxylic acids is 1. The van der Waals surface area contributed by atoms with Gasteiger partial charge in [-0.3, -0.25) is 4.79 Å². The molecular formula is C23H27NO3. The van der Waals surface area contributed by atoms with Gasteiger partial charge in [0.2, 0.25) is 0 Å². The van der Waals surface area contributed by atoms with Crippen molar-refractivity contribution in [1.29, 1.82) is 5.26 Å². The summed E-state index contributed by atoms with van der Waals surface area (Å²) in [7, 11) is 0. The third kappa shape index (κ3) is 7.96. The molecule has 142 valence electrons. The SMILES string of the molecule is N#Cc1ccc(-c2ccc(OCCCCCCCCCC(=O)O)cc2)cc1. The van der Waals surface area contributed by atoms with Crippen molar-refractivity contribution in [3.8, 4) is 22.9 Å². The predicted octanol–water partition coefficient (Wildman–Crippen LogP) is 5.81. The second-order valence-corrected chi connectivity index (χ2v) is 6.68. The summed E-state index contributed by atoms with van der Waals surface area (Å²) < 4.78 is 5.80. The zero-order valence-electron chi connectivity index (χ0n) is 15.7. The van der Waals surface area contributed by atoms with Crippen LogP contribution in [0.4, 0.5) is 0 Å². The van der Waals surface area contributed by atoms with Gasteiger partial charge in [0.15, 0.2) is 0 Å². The van der Waals surface area contributed by atoms with Gasteiger partial charge >= 0.3 is 5.97 Å². The molecule has 0 heterocycles. The summed E-state index contributed by atoms with van der Waals surface area (Å²) >= 11 is 0. The molecule has 1 N–H and O–H groups in total. The van der Waals surface area contributed by atoms with Crippen LogP contribution in [0.25, 0.3) is 11.1 Å². The van der Waals surface area contributed by atoms with Crippen LogP contribution in [0.2, 0.25) is 0 Å². The maximum absolute atomic E-state index is 10.4. The van der Waals surface area contributed by atoms with Gasteiger partial charge in [-0.25, -0.2) is 0 Å². The molecule has 0 fully saturated rings. The molecule has 4 heteroatoms. The Labute approximate surface area is 161 Å². The normalized spacial score (nSPS) is 10.3. The minimum atomic E-state index is -0.697. The lowest BCUT2D eigenvalue weighted by Crippen LogP contribution is -1.97. The number of benzene rings is 2. The summed E-state index contributed by atoms with van der Waals surface area (Å²) in [5.74, 6) is 0.179. The number of carboxylic acids is 1. The van der Waals surface area contributed by atoms with Gasteiger partial charge in [0.25, 0.3) is 0 Å². The highest BCUT2D eigenvalue weighted by Crippen LogP contribution is 2.23. The highest BCUT2D eigenvalue weighted by Gasteiger charge is 2.00. The molecule has 0 aliphatic heterocycles. The van der Waals surface area contributed by atoms with Crippen LogP contribution in [0.15, 0.2) is 48.5 Å². The molecule has 0 atom stereocenters. The molecule has 0 aliphatic rings. The summed E-state index contributed by atoms with van der Waals surface area (Å²) in [6, 6.07) is 17.7. The molecule has 0 amide bonds. The van der Waals surface area contributed by atoms with Gasteiger partial charge in [0, 0.05) is 6.42 Å². The van der Waals surface area contributed by atoms with E-state index >= 15 is 0 Å². The second kappa shape index (κ2) is 11.7. The zero-order valence-corrected chi connectivity index (χ0v) is 15.7. The molecule has 2 aromatic carbocycles. The Hall–Kier alpha value is -2.80. The maximum Gasteiger partial charge on any atom is 0.303 e. The van der Waals surface area contributed by atoms with Crippen LogP contribution >= 0.6 is 0 Å². The lowest BCUT2D eigenvalue weighted by atomic mass is 10.0. The van der Waals surface area contributed by atoms with Crippen LogP contribution in [0.5, 0.6) is 5.75 Å². The van der Waals surface area contributed by atoms with Crippen molar-refractivity contribution in [2.75, 3.05) is 6.61 Å². The number of carboxylic acid groups (broad SMARTS) is 1. The minimum absolute atomic E-state index is 0.289. The first-order valence-corrected chi connectivity index (χ1v) is 9.64. The largest absolute Gasteiger partial charge is 0.494 e. The van der Waals surface area contributed by atoms with Crippen molar-refractivity contribution in [2.24, 2.45) is 0 Å². The van der Waals surface area contributed by atoms with Gasteiger partial charge in [0.05, 0.1) is 18.2 Å². The van der Waals surface area contributed by atoms with E-state index in [0.29, 0.717) is 5.56 Å². The number of nitriles is 1. The lowest BCUT2D eigenvalue weighted by molar-refractivity contribution is -0.137. The Morgan fingerprint density at radius 2 is 1.33 bits per heavy atom. The average molecular weight is 365 g/mol. The minimum Gasteiger partial charge on any atom is -0.494 e. The molecule has 4 nitrogen and oxygen atoms in total. The first-order chi connectivity index (χ1) is 13.2. The number of rotatable bonds is 12. The highest BCUT2D eigenvalue weighted by atomic mass is 16.5. The number of hydrogen-bond acceptors (Lipinski definition) is 3. The third-order valence-electron chi connectivity index (χ3n) is 4.51. The number of carbonyl (C=O) groups is 1. The van der Waals surface area contributed by atoms with Gasteiger partial charge < -0.3 is 9.84 Å². The smallest absolute Gasteiger partial charge is 0.303 e. The van der Waals surface area contributed by atoms with Crippen LogP contribution in [0, 0.1) is 11.3 Å². The molecule has 0 saturated heterocycles. The second-order valence-electron chi connectivity index (χ2n) is 6.68. The van der Waals surface area contributed by atoms with Crippen LogP contribution in [-0.4, -0.2) is 17.7 Å². The molecule has 0 bridgehead atoms. The third-order valence-corrected chi connectivity index (χ3v) is 4.51. The highest BCUT2D eigenvalue weighted by molar-refractivity contribution is 5.66. The van der Waals surface area contributed by atoms with Crippen molar-refractivity contribution < 1.29 is 14.6 Å². The topological polar surface area (TPSA) is 70.3 Å². The predicted molar refractivity (Wildman–Crippen MR) is 107 cm³/mol. The van der Waals surface area contributed by atoms with Crippen LogP contribution < -0.4 is 4.74 Å². The van der Waals surface area contributed by atoms with Crippen molar-refractivity contribution in [3.05, 3.63) is 54.1 Å². The van der Waals surface area contributed by atoms with E-state index in [1.54, 1.807) is 0 Å². The quantitative estimate of drug-likeness (QED) is 0.482. The van der Waals surface area contributed by atoms with E-state index in [4.69, 9.17) is 15.1 Å². The zero-order chi connectivity index (χ0) is 19.3. The molecule has 0 aliphatic carbocycles. The van der Waals surface area contributed by atoms with E-state index in [1.165, 1.54) is 12.8 Å². The fraction of sp³-hybridized carbons (Fsp3) is 0.391. The summed E-state index contributed by atoms with van der Waals surface area (Å²) in [6.07, 6.45) is 7.72. The fourth-order valence-electron chi connectivity index (χ4n) is 2.93. The average Bonchev–Trinajstić information content (AvgIpc) is 2.70. The Bertz CT molecular complexity index is 730. The number of unbranched alkanes of at least 4 members (excludes halogenated alkanes) is 6. The first kappa shape index (κ1) is 20.5. The van der Waals surface area contributed by atoms with E-state index < -0.39 is 5.97 Å². The summed E-state index contributed by atoms with van der Waals surface area (Å²) in [6.45, 7) is 0.717. The maximum atomic E-state index is 10.4. The Balaban J connectivity index is 1.59. The van der Waals surface area contributed by atoms with Gasteiger partial charge in [-0.2, -0.15) is 5.26 Å². The van der Waals surface area contributed by atoms with E-state index in [-0.39, 0.29) is 6.42 Å². The first-order valence-electron chi connectivity index (χ1n) is 9.64. The van der Waals surface area contributed by atoms with Crippen molar-refractivity contribution in [3.63, 3.8) is 0 Å². The summed E-state index contributed by atoms with van der Waals surface area (Å²) in [5.41, 5.74) is 2.86. The Morgan fingerprint density at radius 1 is 0.815 bits per heavy atom. The van der Waals surface area contributed by atoms with Gasteiger partial charge in [0.1, 0.15) is 5.75 Å². The molecule has 0 unspecified atom stereocenters. The summed E-state index contributed by atoms with van der Waals surface area (Å²) in [4.78, 5) is 10.4. The lowest BCUT2D eigenvalue weighted by Gasteiger charge is -2.08. The van der Waals surface area contributed by atoms with Crippen molar-refractivity contribution >= 4 is 5.97 Å². The number of ether oxygens (including phenoxy) is 1. The standard InChI is InChI=1S/C23H27NO3/c24-18-19-9-11-20(12-10-19)21-13-15-22(16-14-21)27-17-7-5-3-1-2-4-6-8-23(25)26/h9-16H,1-8,17H2,(H,25,26). The van der Waals surface area contributed by atoms with E-state index in [1.807, 2.05) is 48.5 Å². The van der Waals surface area contributed by atoms with E-state index in [2.05, 4.69) is 6.07 Å². The van der Waals surface area contributed by atoms with Crippen LogP contribution in [0.3, 0.4) is 0 Å². The molecule has 27 heavy (non-hydrogen) atoms. The molecule has 0 aromatic heterocycles. The van der Waals surface area contributed by atoms with E-state index in [9.17, 15) is 4.79 Å².